The van der Waals surface area contributed by atoms with Gasteiger partial charge in [0.1, 0.15) is 24.4 Å². The van der Waals surface area contributed by atoms with Crippen LogP contribution in [0.5, 0.6) is 0 Å². The normalized spacial score (nSPS) is 29.1. The van der Waals surface area contributed by atoms with Gasteiger partial charge in [-0.15, -0.1) is 0 Å². The molecule has 0 spiro atoms. The molecular formula is C25H48O12. The fourth-order valence-corrected chi connectivity index (χ4v) is 3.55. The van der Waals surface area contributed by atoms with E-state index in [2.05, 4.69) is 6.92 Å². The molecule has 2 rings (SSSR count). The van der Waals surface area contributed by atoms with Crippen molar-refractivity contribution in [1.82, 2.24) is 0 Å². The summed E-state index contributed by atoms with van der Waals surface area (Å²) in [5.74, 6) is 0. The SMILES string of the molecule is CCCCOCC(O)COC(C)COC1C(O)CC(COCC(C)OCC(O)COCC2CO2)O[C@H]1O. The second kappa shape index (κ2) is 18.7. The van der Waals surface area contributed by atoms with Gasteiger partial charge in [-0.25, -0.2) is 0 Å². The zero-order valence-corrected chi connectivity index (χ0v) is 22.4. The van der Waals surface area contributed by atoms with Crippen LogP contribution in [-0.4, -0.2) is 142 Å². The molecule has 0 amide bonds. The molecule has 12 nitrogen and oxygen atoms in total. The van der Waals surface area contributed by atoms with Crippen molar-refractivity contribution in [1.29, 1.82) is 0 Å². The highest BCUT2D eigenvalue weighted by atomic mass is 16.7. The molecule has 9 atom stereocenters. The van der Waals surface area contributed by atoms with Crippen molar-refractivity contribution >= 4 is 0 Å². The topological polar surface area (TPSA) is 158 Å². The Balaban J connectivity index is 1.52. The van der Waals surface area contributed by atoms with E-state index in [0.717, 1.165) is 12.8 Å². The first-order valence-electron chi connectivity index (χ1n) is 13.4. The Labute approximate surface area is 220 Å². The van der Waals surface area contributed by atoms with E-state index in [1.54, 1.807) is 6.92 Å². The summed E-state index contributed by atoms with van der Waals surface area (Å²) in [4.78, 5) is 0. The van der Waals surface area contributed by atoms with Gasteiger partial charge in [0.25, 0.3) is 0 Å². The molecule has 37 heavy (non-hydrogen) atoms. The lowest BCUT2D eigenvalue weighted by Gasteiger charge is -2.37. The average molecular weight is 541 g/mol. The summed E-state index contributed by atoms with van der Waals surface area (Å²) in [6.45, 7) is 8.65. The van der Waals surface area contributed by atoms with Gasteiger partial charge in [0.15, 0.2) is 6.29 Å². The van der Waals surface area contributed by atoms with Gasteiger partial charge in [-0.05, 0) is 20.3 Å². The quantitative estimate of drug-likeness (QED) is 0.104. The minimum Gasteiger partial charge on any atom is -0.390 e. The predicted octanol–water partition coefficient (Wildman–Crippen LogP) is -0.379. The first-order valence-corrected chi connectivity index (χ1v) is 13.4. The summed E-state index contributed by atoms with van der Waals surface area (Å²) >= 11 is 0. The van der Waals surface area contributed by atoms with Gasteiger partial charge in [-0.3, -0.25) is 0 Å². The number of aliphatic hydroxyl groups is 4. The van der Waals surface area contributed by atoms with E-state index in [9.17, 15) is 20.4 Å². The zero-order valence-electron chi connectivity index (χ0n) is 22.4. The van der Waals surface area contributed by atoms with E-state index >= 15 is 0 Å². The molecule has 2 heterocycles. The summed E-state index contributed by atoms with van der Waals surface area (Å²) in [5.41, 5.74) is 0. The fourth-order valence-electron chi connectivity index (χ4n) is 3.55. The van der Waals surface area contributed by atoms with Crippen LogP contribution in [0.15, 0.2) is 0 Å². The Morgan fingerprint density at radius 1 is 0.811 bits per heavy atom. The Morgan fingerprint density at radius 3 is 2.03 bits per heavy atom. The molecule has 4 N–H and O–H groups in total. The zero-order chi connectivity index (χ0) is 27.0. The molecular weight excluding hydrogens is 492 g/mol. The Kier molecular flexibility index (Phi) is 16.6. The highest BCUT2D eigenvalue weighted by Crippen LogP contribution is 2.22. The number of unbranched alkanes of at least 4 members (excludes halogenated alkanes) is 1. The van der Waals surface area contributed by atoms with Crippen molar-refractivity contribution in [3.05, 3.63) is 0 Å². The third kappa shape index (κ3) is 15.0. The number of rotatable bonds is 22. The highest BCUT2D eigenvalue weighted by Gasteiger charge is 2.38. The van der Waals surface area contributed by atoms with Crippen LogP contribution in [0.4, 0.5) is 0 Å². The van der Waals surface area contributed by atoms with Crippen LogP contribution in [0.25, 0.3) is 0 Å². The molecule has 2 saturated heterocycles. The summed E-state index contributed by atoms with van der Waals surface area (Å²) in [6, 6.07) is 0. The van der Waals surface area contributed by atoms with E-state index in [-0.39, 0.29) is 71.0 Å². The maximum atomic E-state index is 10.5. The Morgan fingerprint density at radius 2 is 1.41 bits per heavy atom. The molecule has 2 aliphatic heterocycles. The molecule has 0 bridgehead atoms. The molecule has 0 radical (unpaired) electrons. The number of ether oxygens (including phenoxy) is 8. The van der Waals surface area contributed by atoms with Crippen LogP contribution in [0.3, 0.4) is 0 Å². The highest BCUT2D eigenvalue weighted by molar-refractivity contribution is 4.82. The average Bonchev–Trinajstić information content (AvgIpc) is 3.68. The second-order valence-corrected chi connectivity index (χ2v) is 9.80. The molecule has 0 aromatic carbocycles. The summed E-state index contributed by atoms with van der Waals surface area (Å²) in [5, 5.41) is 40.6. The van der Waals surface area contributed by atoms with Crippen LogP contribution in [0.1, 0.15) is 40.0 Å². The van der Waals surface area contributed by atoms with Crippen LogP contribution < -0.4 is 0 Å². The minimum absolute atomic E-state index is 0.104. The third-order valence-corrected chi connectivity index (χ3v) is 5.79. The molecule has 220 valence electrons. The van der Waals surface area contributed by atoms with Gasteiger partial charge in [0, 0.05) is 13.0 Å². The number of epoxide rings is 1. The summed E-state index contributed by atoms with van der Waals surface area (Å²) < 4.78 is 43.7. The molecule has 2 fully saturated rings. The van der Waals surface area contributed by atoms with E-state index in [4.69, 9.17) is 37.9 Å². The molecule has 0 aromatic rings. The lowest BCUT2D eigenvalue weighted by Crippen LogP contribution is -2.51. The van der Waals surface area contributed by atoms with Gasteiger partial charge in [-0.2, -0.15) is 0 Å². The Bertz CT molecular complexity index is 554. The monoisotopic (exact) mass is 540 g/mol. The molecule has 0 aromatic heterocycles. The van der Waals surface area contributed by atoms with Crippen molar-refractivity contribution in [3.8, 4) is 0 Å². The lowest BCUT2D eigenvalue weighted by atomic mass is 10.0. The largest absolute Gasteiger partial charge is 0.390 e. The third-order valence-electron chi connectivity index (χ3n) is 5.79. The van der Waals surface area contributed by atoms with Crippen molar-refractivity contribution in [2.45, 2.75) is 95.2 Å². The van der Waals surface area contributed by atoms with Crippen molar-refractivity contribution in [3.63, 3.8) is 0 Å². The maximum Gasteiger partial charge on any atom is 0.184 e. The number of hydrogen-bond donors (Lipinski definition) is 4. The van der Waals surface area contributed by atoms with Crippen LogP contribution >= 0.6 is 0 Å². The van der Waals surface area contributed by atoms with Gasteiger partial charge in [-0.1, -0.05) is 13.3 Å². The van der Waals surface area contributed by atoms with Crippen LogP contribution in [-0.2, 0) is 37.9 Å². The van der Waals surface area contributed by atoms with Gasteiger partial charge in [0.2, 0.25) is 0 Å². The molecule has 8 unspecified atom stereocenters. The lowest BCUT2D eigenvalue weighted by molar-refractivity contribution is -0.270. The molecule has 12 heteroatoms. The van der Waals surface area contributed by atoms with E-state index in [0.29, 0.717) is 19.8 Å². The van der Waals surface area contributed by atoms with Gasteiger partial charge in [0.05, 0.1) is 83.9 Å². The smallest absolute Gasteiger partial charge is 0.184 e. The van der Waals surface area contributed by atoms with Crippen molar-refractivity contribution < 1.29 is 58.3 Å². The standard InChI is InChI=1S/C25H48O12/c1-4-5-6-30-10-19(26)12-34-18(3)9-36-24-23(28)7-21(37-25(24)29)14-31-8-17(2)33-13-20(27)11-32-15-22-16-35-22/h17-29H,4-16H2,1-3H3/t17?,18?,19?,20?,21?,22?,23?,24?,25-/m1/s1. The number of aliphatic hydroxyl groups excluding tert-OH is 4. The van der Waals surface area contributed by atoms with Crippen LogP contribution in [0.2, 0.25) is 0 Å². The van der Waals surface area contributed by atoms with Gasteiger partial charge >= 0.3 is 0 Å². The molecule has 0 saturated carbocycles. The minimum atomic E-state index is -1.31. The fraction of sp³-hybridized carbons (Fsp3) is 1.00. The summed E-state index contributed by atoms with van der Waals surface area (Å²) in [7, 11) is 0. The van der Waals surface area contributed by atoms with E-state index in [1.165, 1.54) is 0 Å². The first-order chi connectivity index (χ1) is 17.8. The maximum absolute atomic E-state index is 10.5. The Hall–Kier alpha value is -0.480. The summed E-state index contributed by atoms with van der Waals surface area (Å²) in [6.07, 6.45) is -3.37. The second-order valence-electron chi connectivity index (χ2n) is 9.80. The van der Waals surface area contributed by atoms with Crippen LogP contribution in [0, 0.1) is 0 Å². The van der Waals surface area contributed by atoms with Crippen molar-refractivity contribution in [2.75, 3.05) is 66.1 Å². The number of hydrogen-bond acceptors (Lipinski definition) is 12. The van der Waals surface area contributed by atoms with Crippen molar-refractivity contribution in [2.24, 2.45) is 0 Å². The predicted molar refractivity (Wildman–Crippen MR) is 131 cm³/mol. The molecule has 0 aliphatic carbocycles. The molecule has 2 aliphatic rings. The van der Waals surface area contributed by atoms with E-state index < -0.39 is 36.8 Å². The first kappa shape index (κ1) is 32.7. The van der Waals surface area contributed by atoms with E-state index in [1.807, 2.05) is 6.92 Å². The van der Waals surface area contributed by atoms with Gasteiger partial charge < -0.3 is 58.3 Å².